The zero-order valence-electron chi connectivity index (χ0n) is 8.77. The van der Waals surface area contributed by atoms with Crippen LogP contribution in [0, 0.1) is 0 Å². The van der Waals surface area contributed by atoms with Crippen LogP contribution in [0.15, 0.2) is 0 Å². The second-order valence-corrected chi connectivity index (χ2v) is 1.75. The summed E-state index contributed by atoms with van der Waals surface area (Å²) in [6.45, 7) is 1.36. The highest BCUT2D eigenvalue weighted by Crippen LogP contribution is 2.13. The molecule has 0 N–H and O–H groups in total. The molecule has 0 unspecified atom stereocenters. The van der Waals surface area contributed by atoms with Crippen LogP contribution in [0.1, 0.15) is 6.92 Å². The van der Waals surface area contributed by atoms with Crippen molar-refractivity contribution in [2.45, 2.75) is 13.3 Å². The Morgan fingerprint density at radius 1 is 1.07 bits per heavy atom. The molecule has 0 fully saturated rings. The minimum absolute atomic E-state index is 0.245. The van der Waals surface area contributed by atoms with Gasteiger partial charge in [0.1, 0.15) is 0 Å². The van der Waals surface area contributed by atoms with Gasteiger partial charge >= 0.3 is 12.3 Å². The van der Waals surface area contributed by atoms with Gasteiger partial charge in [-0.2, -0.15) is 0 Å². The maximum Gasteiger partial charge on any atom is 0.522 e. The maximum absolute atomic E-state index is 10.6. The molecule has 0 aromatic heterocycles. The molecule has 7 heteroatoms. The lowest BCUT2D eigenvalue weighted by Gasteiger charge is -1.97. The zero-order chi connectivity index (χ0) is 12.2. The minimum atomic E-state index is -4.46. The molecule has 0 saturated heterocycles. The molecular formula is C7H15F3O4. The van der Waals surface area contributed by atoms with E-state index >= 15 is 0 Å². The second-order valence-electron chi connectivity index (χ2n) is 1.75. The van der Waals surface area contributed by atoms with Crippen molar-refractivity contribution in [3.63, 3.8) is 0 Å². The first-order chi connectivity index (χ1) is 6.24. The van der Waals surface area contributed by atoms with Crippen LogP contribution in [0.3, 0.4) is 0 Å². The number of methoxy groups -OCH3 is 3. The lowest BCUT2D eigenvalue weighted by atomic mass is 10.8. The molecule has 0 aromatic carbocycles. The van der Waals surface area contributed by atoms with Crippen molar-refractivity contribution in [2.24, 2.45) is 0 Å². The van der Waals surface area contributed by atoms with E-state index in [4.69, 9.17) is 0 Å². The van der Waals surface area contributed by atoms with Crippen molar-refractivity contribution < 1.29 is 32.2 Å². The Labute approximate surface area is 80.9 Å². The normalized spacial score (nSPS) is 8.86. The molecule has 4 nitrogen and oxygen atoms in total. The molecule has 0 spiro atoms. The number of ether oxygens (including phenoxy) is 3. The van der Waals surface area contributed by atoms with Crippen LogP contribution < -0.4 is 0 Å². The lowest BCUT2D eigenvalue weighted by molar-refractivity contribution is -0.311. The average Bonchev–Trinajstić information content (AvgIpc) is 2.06. The van der Waals surface area contributed by atoms with Crippen molar-refractivity contribution in [1.29, 1.82) is 0 Å². The van der Waals surface area contributed by atoms with Crippen molar-refractivity contribution in [3.05, 3.63) is 0 Å². The molecule has 0 atom stereocenters. The summed E-state index contributed by atoms with van der Waals surface area (Å²) in [4.78, 5) is 9.59. The largest absolute Gasteiger partial charge is 0.522 e. The topological polar surface area (TPSA) is 44.8 Å². The maximum atomic E-state index is 10.6. The van der Waals surface area contributed by atoms with Crippen LogP contribution in [0.2, 0.25) is 0 Å². The average molecular weight is 220 g/mol. The molecule has 0 aliphatic rings. The Balaban J connectivity index is -0.000000138. The quantitative estimate of drug-likeness (QED) is 0.581. The van der Waals surface area contributed by atoms with E-state index in [1.165, 1.54) is 14.0 Å². The first-order valence-electron chi connectivity index (χ1n) is 3.31. The number of hydrogen-bond acceptors (Lipinski definition) is 4. The standard InChI is InChI=1S/C3H6O2.C2H3F3O.C2H6O/c1-3(4)5-2;1-6-2(3,4)5;1-3-2/h1-2H3;1H3;1-2H3. The van der Waals surface area contributed by atoms with Crippen LogP contribution in [0.25, 0.3) is 0 Å². The predicted molar refractivity (Wildman–Crippen MR) is 43.7 cm³/mol. The highest BCUT2D eigenvalue weighted by Gasteiger charge is 2.25. The number of rotatable bonds is 0. The first kappa shape index (κ1) is 18.9. The number of carbonyl (C=O) groups is 1. The number of alkyl halides is 3. The zero-order valence-corrected chi connectivity index (χ0v) is 8.77. The molecule has 0 saturated carbocycles. The van der Waals surface area contributed by atoms with Gasteiger partial charge < -0.3 is 9.47 Å². The highest BCUT2D eigenvalue weighted by atomic mass is 19.4. The van der Waals surface area contributed by atoms with Crippen LogP contribution in [0.4, 0.5) is 13.2 Å². The van der Waals surface area contributed by atoms with Crippen molar-refractivity contribution in [1.82, 2.24) is 0 Å². The summed E-state index contributed by atoms with van der Waals surface area (Å²) < 4.78 is 43.0. The summed E-state index contributed by atoms with van der Waals surface area (Å²) in [5, 5.41) is 0. The predicted octanol–water partition coefficient (Wildman–Crippen LogP) is 1.59. The second kappa shape index (κ2) is 12.2. The summed E-state index contributed by atoms with van der Waals surface area (Å²) in [6, 6.07) is 0. The van der Waals surface area contributed by atoms with Gasteiger partial charge in [0.2, 0.25) is 0 Å². The van der Waals surface area contributed by atoms with E-state index in [1.54, 1.807) is 14.2 Å². The van der Waals surface area contributed by atoms with Crippen LogP contribution in [-0.2, 0) is 19.0 Å². The van der Waals surface area contributed by atoms with E-state index in [2.05, 4.69) is 14.2 Å². The van der Waals surface area contributed by atoms with E-state index in [0.29, 0.717) is 7.11 Å². The fraction of sp³-hybridized carbons (Fsp3) is 0.857. The van der Waals surface area contributed by atoms with Crippen molar-refractivity contribution in [3.8, 4) is 0 Å². The van der Waals surface area contributed by atoms with E-state index in [1.807, 2.05) is 0 Å². The Morgan fingerprint density at radius 3 is 1.21 bits per heavy atom. The number of esters is 1. The molecule has 88 valence electrons. The van der Waals surface area contributed by atoms with Gasteiger partial charge in [-0.25, -0.2) is 0 Å². The van der Waals surface area contributed by atoms with Gasteiger partial charge in [0.25, 0.3) is 0 Å². The Bertz CT molecular complexity index is 125. The molecule has 0 radical (unpaired) electrons. The third kappa shape index (κ3) is 66.3. The van der Waals surface area contributed by atoms with Crippen molar-refractivity contribution >= 4 is 5.97 Å². The number of halogens is 3. The van der Waals surface area contributed by atoms with Gasteiger partial charge in [-0.15, -0.1) is 13.2 Å². The number of hydrogen-bond donors (Lipinski definition) is 0. The summed E-state index contributed by atoms with van der Waals surface area (Å²) >= 11 is 0. The molecule has 0 aromatic rings. The van der Waals surface area contributed by atoms with Gasteiger partial charge in [-0.3, -0.25) is 9.53 Å². The van der Waals surface area contributed by atoms with E-state index in [-0.39, 0.29) is 5.97 Å². The fourth-order valence-corrected chi connectivity index (χ4v) is 0. The fourth-order valence-electron chi connectivity index (χ4n) is 0. The van der Waals surface area contributed by atoms with Crippen molar-refractivity contribution in [2.75, 3.05) is 28.4 Å². The molecule has 0 rings (SSSR count). The Hall–Kier alpha value is -0.820. The summed E-state index contributed by atoms with van der Waals surface area (Å²) in [5.41, 5.74) is 0. The van der Waals surface area contributed by atoms with Gasteiger partial charge in [0, 0.05) is 28.3 Å². The van der Waals surface area contributed by atoms with Gasteiger partial charge in [-0.1, -0.05) is 0 Å². The summed E-state index contributed by atoms with van der Waals surface area (Å²) in [6.07, 6.45) is -4.46. The number of carbonyl (C=O) groups excluding carboxylic acids is 1. The molecule has 0 amide bonds. The minimum Gasteiger partial charge on any atom is -0.469 e. The third-order valence-corrected chi connectivity index (χ3v) is 0.519. The summed E-state index contributed by atoms with van der Waals surface area (Å²) in [7, 11) is 5.18. The molecule has 0 bridgehead atoms. The lowest BCUT2D eigenvalue weighted by Crippen LogP contribution is -2.08. The smallest absolute Gasteiger partial charge is 0.469 e. The molecule has 14 heavy (non-hydrogen) atoms. The van der Waals surface area contributed by atoms with Crippen LogP contribution in [0.5, 0.6) is 0 Å². The summed E-state index contributed by atoms with van der Waals surface area (Å²) in [5.74, 6) is -0.245. The van der Waals surface area contributed by atoms with Gasteiger partial charge in [0.05, 0.1) is 7.11 Å². The highest BCUT2D eigenvalue weighted by molar-refractivity contribution is 5.65. The van der Waals surface area contributed by atoms with Crippen LogP contribution >= 0.6 is 0 Å². The van der Waals surface area contributed by atoms with E-state index in [0.717, 1.165) is 0 Å². The SMILES string of the molecule is COC.COC(C)=O.COC(F)(F)F. The van der Waals surface area contributed by atoms with Gasteiger partial charge in [-0.05, 0) is 0 Å². The Morgan fingerprint density at radius 2 is 1.21 bits per heavy atom. The molecule has 0 aliphatic heterocycles. The van der Waals surface area contributed by atoms with E-state index in [9.17, 15) is 18.0 Å². The Kier molecular flexibility index (Phi) is 16.4. The molecule has 0 aliphatic carbocycles. The van der Waals surface area contributed by atoms with E-state index < -0.39 is 6.36 Å². The van der Waals surface area contributed by atoms with Gasteiger partial charge in [0.15, 0.2) is 0 Å². The molecule has 0 heterocycles. The third-order valence-electron chi connectivity index (χ3n) is 0.519. The van der Waals surface area contributed by atoms with Crippen LogP contribution in [-0.4, -0.2) is 40.8 Å². The first-order valence-corrected chi connectivity index (χ1v) is 3.31. The monoisotopic (exact) mass is 220 g/mol. The molecular weight excluding hydrogens is 205 g/mol.